The first-order valence-corrected chi connectivity index (χ1v) is 8.40. The lowest BCUT2D eigenvalue weighted by atomic mass is 10.1. The van der Waals surface area contributed by atoms with Crippen LogP contribution in [-0.4, -0.2) is 42.6 Å². The second-order valence-corrected chi connectivity index (χ2v) is 6.73. The molecule has 0 aliphatic carbocycles. The maximum Gasteiger partial charge on any atom is 0.407 e. The number of carbonyl (C=O) groups excluding carboxylic acids is 2. The molecule has 0 aliphatic rings. The van der Waals surface area contributed by atoms with Gasteiger partial charge >= 0.3 is 6.09 Å². The molecule has 0 atom stereocenters. The number of Topliss-reactive ketones (excluding diaryl/α,β-unsaturated/α-hetero) is 1. The molecule has 0 unspecified atom stereocenters. The summed E-state index contributed by atoms with van der Waals surface area (Å²) in [5, 5.41) is 2.69. The highest BCUT2D eigenvalue weighted by molar-refractivity contribution is 5.95. The van der Waals surface area contributed by atoms with Crippen molar-refractivity contribution in [1.82, 2.24) is 10.3 Å². The zero-order valence-corrected chi connectivity index (χ0v) is 15.4. The number of alkyl carbamates (subject to hydrolysis) is 1. The number of unbranched alkanes of at least 4 members (excludes halogenated alkanes) is 1. The number of nitrogens with one attached hydrogen (secondary N) is 1. The highest BCUT2D eigenvalue weighted by atomic mass is 16.6. The summed E-state index contributed by atoms with van der Waals surface area (Å²) in [6.45, 7) is 8.88. The molecule has 0 saturated carbocycles. The number of aromatic nitrogens is 1. The zero-order valence-electron chi connectivity index (χ0n) is 15.4. The van der Waals surface area contributed by atoms with Crippen LogP contribution in [0.4, 0.5) is 10.6 Å². The van der Waals surface area contributed by atoms with E-state index in [2.05, 4.69) is 10.3 Å². The molecule has 0 aliphatic heterocycles. The van der Waals surface area contributed by atoms with Crippen LogP contribution >= 0.6 is 0 Å². The first kappa shape index (κ1) is 19.9. The Labute approximate surface area is 144 Å². The van der Waals surface area contributed by atoms with Gasteiger partial charge in [0.15, 0.2) is 5.78 Å². The minimum absolute atomic E-state index is 0.0745. The first-order chi connectivity index (χ1) is 11.2. The van der Waals surface area contributed by atoms with Gasteiger partial charge in [-0.1, -0.05) is 0 Å². The number of pyridine rings is 1. The van der Waals surface area contributed by atoms with E-state index in [9.17, 15) is 9.59 Å². The quantitative estimate of drug-likeness (QED) is 0.582. The number of rotatable bonds is 8. The van der Waals surface area contributed by atoms with Crippen LogP contribution in [0.15, 0.2) is 18.3 Å². The molecule has 6 nitrogen and oxygen atoms in total. The number of nitrogens with zero attached hydrogens (tertiary/aromatic N) is 2. The molecule has 0 saturated heterocycles. The van der Waals surface area contributed by atoms with Crippen LogP contribution < -0.4 is 10.2 Å². The van der Waals surface area contributed by atoms with E-state index >= 15 is 0 Å². The minimum atomic E-state index is -0.495. The van der Waals surface area contributed by atoms with Crippen LogP contribution in [0.2, 0.25) is 0 Å². The maximum atomic E-state index is 12.1. The Balaban J connectivity index is 2.28. The largest absolute Gasteiger partial charge is 0.444 e. The molecule has 0 fully saturated rings. The van der Waals surface area contributed by atoms with Gasteiger partial charge in [0, 0.05) is 38.3 Å². The molecule has 1 rings (SSSR count). The van der Waals surface area contributed by atoms with Crippen molar-refractivity contribution in [1.29, 1.82) is 0 Å². The Morgan fingerprint density at radius 2 is 1.96 bits per heavy atom. The molecule has 1 aromatic rings. The monoisotopic (exact) mass is 335 g/mol. The summed E-state index contributed by atoms with van der Waals surface area (Å²) in [4.78, 5) is 29.9. The van der Waals surface area contributed by atoms with Crippen LogP contribution in [0, 0.1) is 0 Å². The van der Waals surface area contributed by atoms with E-state index in [0.29, 0.717) is 24.9 Å². The van der Waals surface area contributed by atoms with Crippen LogP contribution in [0.25, 0.3) is 0 Å². The lowest BCUT2D eigenvalue weighted by Gasteiger charge is -2.19. The predicted molar refractivity (Wildman–Crippen MR) is 95.6 cm³/mol. The third-order valence-electron chi connectivity index (χ3n) is 3.43. The molecule has 0 spiro atoms. The molecule has 0 bridgehead atoms. The van der Waals surface area contributed by atoms with Crippen LogP contribution in [-0.2, 0) is 4.74 Å². The SMILES string of the molecule is CCN(C)c1ccc(C(=O)CCCCNC(=O)OC(C)(C)C)cn1. The van der Waals surface area contributed by atoms with Gasteiger partial charge in [-0.15, -0.1) is 0 Å². The fourth-order valence-electron chi connectivity index (χ4n) is 2.00. The molecule has 1 amide bonds. The van der Waals surface area contributed by atoms with E-state index < -0.39 is 11.7 Å². The third kappa shape index (κ3) is 7.44. The van der Waals surface area contributed by atoms with E-state index in [0.717, 1.165) is 18.8 Å². The lowest BCUT2D eigenvalue weighted by Crippen LogP contribution is -2.33. The molecule has 0 aromatic carbocycles. The summed E-state index contributed by atoms with van der Waals surface area (Å²) in [6, 6.07) is 3.68. The number of hydrogen-bond donors (Lipinski definition) is 1. The van der Waals surface area contributed by atoms with Gasteiger partial charge in [-0.3, -0.25) is 4.79 Å². The van der Waals surface area contributed by atoms with Crippen molar-refractivity contribution in [2.24, 2.45) is 0 Å². The van der Waals surface area contributed by atoms with Crippen molar-refractivity contribution in [2.75, 3.05) is 25.0 Å². The molecule has 1 N–H and O–H groups in total. The first-order valence-electron chi connectivity index (χ1n) is 8.40. The molecule has 0 radical (unpaired) electrons. The van der Waals surface area contributed by atoms with Gasteiger partial charge in [-0.05, 0) is 52.7 Å². The van der Waals surface area contributed by atoms with Crippen LogP contribution in [0.3, 0.4) is 0 Å². The molecular formula is C18H29N3O3. The van der Waals surface area contributed by atoms with Gasteiger partial charge in [0.25, 0.3) is 0 Å². The zero-order chi connectivity index (χ0) is 18.2. The Hall–Kier alpha value is -2.11. The summed E-state index contributed by atoms with van der Waals surface area (Å²) in [6.07, 6.45) is 3.10. The summed E-state index contributed by atoms with van der Waals surface area (Å²) < 4.78 is 5.15. The van der Waals surface area contributed by atoms with Crippen LogP contribution in [0.5, 0.6) is 0 Å². The van der Waals surface area contributed by atoms with Crippen molar-refractivity contribution in [3.63, 3.8) is 0 Å². The number of hydrogen-bond acceptors (Lipinski definition) is 5. The summed E-state index contributed by atoms with van der Waals surface area (Å²) in [5.74, 6) is 0.932. The second-order valence-electron chi connectivity index (χ2n) is 6.73. The van der Waals surface area contributed by atoms with Gasteiger partial charge in [0.2, 0.25) is 0 Å². The Kier molecular flexibility index (Phi) is 7.68. The Morgan fingerprint density at radius 3 is 2.50 bits per heavy atom. The number of ether oxygens (including phenoxy) is 1. The maximum absolute atomic E-state index is 12.1. The van der Waals surface area contributed by atoms with Crippen molar-refractivity contribution in [3.8, 4) is 0 Å². The van der Waals surface area contributed by atoms with Gasteiger partial charge in [-0.25, -0.2) is 9.78 Å². The lowest BCUT2D eigenvalue weighted by molar-refractivity contribution is 0.0527. The molecule has 6 heteroatoms. The predicted octanol–water partition coefficient (Wildman–Crippen LogP) is 3.42. The Morgan fingerprint density at radius 1 is 1.25 bits per heavy atom. The molecule has 1 heterocycles. The highest BCUT2D eigenvalue weighted by Gasteiger charge is 2.15. The molecular weight excluding hydrogens is 306 g/mol. The van der Waals surface area contributed by atoms with E-state index in [4.69, 9.17) is 4.74 Å². The summed E-state index contributed by atoms with van der Waals surface area (Å²) in [7, 11) is 1.96. The number of anilines is 1. The van der Waals surface area contributed by atoms with Crippen molar-refractivity contribution < 1.29 is 14.3 Å². The van der Waals surface area contributed by atoms with Gasteiger partial charge < -0.3 is 15.0 Å². The fourth-order valence-corrected chi connectivity index (χ4v) is 2.00. The highest BCUT2D eigenvalue weighted by Crippen LogP contribution is 2.12. The van der Waals surface area contributed by atoms with Crippen molar-refractivity contribution in [3.05, 3.63) is 23.9 Å². The molecule has 1 aromatic heterocycles. The van der Waals surface area contributed by atoms with E-state index in [1.54, 1.807) is 6.20 Å². The average molecular weight is 335 g/mol. The fraction of sp³-hybridized carbons (Fsp3) is 0.611. The standard InChI is InChI=1S/C18H29N3O3/c1-6-21(5)16-11-10-14(13-20-16)15(22)9-7-8-12-19-17(23)24-18(2,3)4/h10-11,13H,6-9,12H2,1-5H3,(H,19,23). The summed E-state index contributed by atoms with van der Waals surface area (Å²) >= 11 is 0. The van der Waals surface area contributed by atoms with Gasteiger partial charge in [0.1, 0.15) is 11.4 Å². The smallest absolute Gasteiger partial charge is 0.407 e. The topological polar surface area (TPSA) is 71.5 Å². The van der Waals surface area contributed by atoms with Gasteiger partial charge in [0.05, 0.1) is 0 Å². The van der Waals surface area contributed by atoms with Crippen LogP contribution in [0.1, 0.15) is 57.3 Å². The minimum Gasteiger partial charge on any atom is -0.444 e. The average Bonchev–Trinajstić information content (AvgIpc) is 2.52. The normalized spacial score (nSPS) is 11.0. The number of ketones is 1. The second kappa shape index (κ2) is 9.25. The van der Waals surface area contributed by atoms with Crippen molar-refractivity contribution in [2.45, 2.75) is 52.6 Å². The summed E-state index contributed by atoms with van der Waals surface area (Å²) in [5.41, 5.74) is 0.133. The van der Waals surface area contributed by atoms with Gasteiger partial charge in [-0.2, -0.15) is 0 Å². The van der Waals surface area contributed by atoms with E-state index in [1.807, 2.05) is 51.8 Å². The molecule has 134 valence electrons. The van der Waals surface area contributed by atoms with Crippen molar-refractivity contribution >= 4 is 17.7 Å². The van der Waals surface area contributed by atoms with E-state index in [1.165, 1.54) is 0 Å². The number of carbonyl (C=O) groups is 2. The van der Waals surface area contributed by atoms with E-state index in [-0.39, 0.29) is 5.78 Å². The number of amides is 1. The Bertz CT molecular complexity index is 535. The molecule has 24 heavy (non-hydrogen) atoms. The third-order valence-corrected chi connectivity index (χ3v) is 3.43.